The fraction of sp³-hybridized carbons (Fsp3) is 0.545. The topological polar surface area (TPSA) is 34.1 Å². The maximum absolute atomic E-state index is 5.12. The summed E-state index contributed by atoms with van der Waals surface area (Å²) in [6, 6.07) is 4.41. The molecule has 0 aliphatic heterocycles. The molecule has 0 saturated heterocycles. The van der Waals surface area contributed by atoms with Crippen molar-refractivity contribution in [1.82, 2.24) is 4.98 Å². The van der Waals surface area contributed by atoms with Crippen molar-refractivity contribution in [2.75, 3.05) is 25.3 Å². The molecule has 15 heavy (non-hydrogen) atoms. The number of pyridine rings is 1. The van der Waals surface area contributed by atoms with Gasteiger partial charge in [0.05, 0.1) is 12.6 Å². The fourth-order valence-corrected chi connectivity index (χ4v) is 1.62. The minimum absolute atomic E-state index is 0.336. The highest BCUT2D eigenvalue weighted by Crippen LogP contribution is 2.15. The Bertz CT molecular complexity index is 276. The molecule has 3 nitrogen and oxygen atoms in total. The smallest absolute Gasteiger partial charge is 0.126 e. The Morgan fingerprint density at radius 3 is 2.80 bits per heavy atom. The molecule has 0 aliphatic rings. The van der Waals surface area contributed by atoms with Gasteiger partial charge in [0.25, 0.3) is 0 Å². The Morgan fingerprint density at radius 2 is 2.33 bits per heavy atom. The van der Waals surface area contributed by atoms with Crippen LogP contribution >= 0.6 is 11.8 Å². The lowest BCUT2D eigenvalue weighted by Gasteiger charge is -2.16. The molecule has 0 fully saturated rings. The minimum Gasteiger partial charge on any atom is -0.383 e. The molecule has 1 rings (SSSR count). The third-order valence-electron chi connectivity index (χ3n) is 2.18. The van der Waals surface area contributed by atoms with Crippen LogP contribution in [0.1, 0.15) is 13.3 Å². The summed E-state index contributed by atoms with van der Waals surface area (Å²) in [6.45, 7) is 2.84. The van der Waals surface area contributed by atoms with Gasteiger partial charge in [0.2, 0.25) is 0 Å². The molecule has 4 heteroatoms. The number of thioether (sulfide) groups is 1. The maximum Gasteiger partial charge on any atom is 0.126 e. The molecule has 1 N–H and O–H groups in total. The average Bonchev–Trinajstić information content (AvgIpc) is 2.29. The first-order chi connectivity index (χ1) is 7.30. The maximum atomic E-state index is 5.12. The lowest BCUT2D eigenvalue weighted by atomic mass is 10.2. The number of aromatic nitrogens is 1. The zero-order chi connectivity index (χ0) is 11.1. The molecule has 1 aromatic heterocycles. The number of hydrogen-bond acceptors (Lipinski definition) is 4. The third-order valence-corrected chi connectivity index (χ3v) is 2.90. The predicted octanol–water partition coefficient (Wildman–Crippen LogP) is 2.64. The van der Waals surface area contributed by atoms with Gasteiger partial charge >= 0.3 is 0 Å². The number of nitrogens with one attached hydrogen (secondary N) is 1. The second kappa shape index (κ2) is 6.69. The van der Waals surface area contributed by atoms with Gasteiger partial charge in [-0.05, 0) is 24.8 Å². The molecule has 1 aromatic rings. The van der Waals surface area contributed by atoms with E-state index in [1.54, 1.807) is 18.9 Å². The van der Waals surface area contributed by atoms with E-state index >= 15 is 0 Å². The summed E-state index contributed by atoms with van der Waals surface area (Å²) in [5.41, 5.74) is 0. The van der Waals surface area contributed by atoms with Crippen molar-refractivity contribution in [2.24, 2.45) is 0 Å². The average molecular weight is 226 g/mol. The fourth-order valence-electron chi connectivity index (χ4n) is 1.26. The molecule has 0 saturated carbocycles. The summed E-state index contributed by atoms with van der Waals surface area (Å²) >= 11 is 1.70. The van der Waals surface area contributed by atoms with Gasteiger partial charge < -0.3 is 10.1 Å². The number of hydrogen-bond donors (Lipinski definition) is 1. The molecular formula is C11H18N2OS. The van der Waals surface area contributed by atoms with Crippen molar-refractivity contribution < 1.29 is 4.74 Å². The van der Waals surface area contributed by atoms with E-state index in [4.69, 9.17) is 4.74 Å². The molecule has 0 aliphatic carbocycles. The zero-order valence-corrected chi connectivity index (χ0v) is 10.3. The Balaban J connectivity index is 2.55. The number of anilines is 1. The molecular weight excluding hydrogens is 208 g/mol. The molecule has 1 atom stereocenters. The second-order valence-electron chi connectivity index (χ2n) is 3.29. The van der Waals surface area contributed by atoms with Crippen LogP contribution in [0.15, 0.2) is 23.2 Å². The van der Waals surface area contributed by atoms with E-state index in [-0.39, 0.29) is 0 Å². The lowest BCUT2D eigenvalue weighted by molar-refractivity contribution is 0.184. The van der Waals surface area contributed by atoms with Crippen molar-refractivity contribution >= 4 is 17.6 Å². The summed E-state index contributed by atoms with van der Waals surface area (Å²) in [5.74, 6) is 0.914. The molecule has 1 heterocycles. The van der Waals surface area contributed by atoms with Crippen molar-refractivity contribution in [2.45, 2.75) is 24.3 Å². The van der Waals surface area contributed by atoms with Crippen molar-refractivity contribution in [3.05, 3.63) is 18.3 Å². The highest BCUT2D eigenvalue weighted by molar-refractivity contribution is 7.98. The van der Waals surface area contributed by atoms with Gasteiger partial charge in [0.15, 0.2) is 0 Å². The van der Waals surface area contributed by atoms with Crippen LogP contribution in [0.25, 0.3) is 0 Å². The third kappa shape index (κ3) is 4.10. The van der Waals surface area contributed by atoms with Crippen molar-refractivity contribution in [3.8, 4) is 0 Å². The number of nitrogens with zero attached hydrogens (tertiary/aromatic N) is 1. The standard InChI is InChI=1S/C11H18N2OS/c1-4-9(8-14-2)13-11-6-5-10(15-3)7-12-11/h5-7,9H,4,8H2,1-3H3,(H,12,13). The molecule has 0 amide bonds. The second-order valence-corrected chi connectivity index (χ2v) is 4.17. The summed E-state index contributed by atoms with van der Waals surface area (Å²) in [7, 11) is 1.72. The quantitative estimate of drug-likeness (QED) is 0.756. The van der Waals surface area contributed by atoms with Gasteiger partial charge in [-0.1, -0.05) is 6.92 Å². The SMILES string of the molecule is CCC(COC)Nc1ccc(SC)cn1. The van der Waals surface area contributed by atoms with Crippen LogP contribution < -0.4 is 5.32 Å². The van der Waals surface area contributed by atoms with Crippen LogP contribution in [0.4, 0.5) is 5.82 Å². The number of rotatable bonds is 6. The highest BCUT2D eigenvalue weighted by Gasteiger charge is 2.05. The van der Waals surface area contributed by atoms with E-state index in [1.165, 1.54) is 4.90 Å². The van der Waals surface area contributed by atoms with E-state index < -0.39 is 0 Å². The summed E-state index contributed by atoms with van der Waals surface area (Å²) < 4.78 is 5.12. The van der Waals surface area contributed by atoms with Gasteiger partial charge in [0, 0.05) is 18.2 Å². The van der Waals surface area contributed by atoms with Gasteiger partial charge in [-0.25, -0.2) is 4.98 Å². The number of ether oxygens (including phenoxy) is 1. The Kier molecular flexibility index (Phi) is 5.50. The molecule has 0 spiro atoms. The Hall–Kier alpha value is -0.740. The van der Waals surface area contributed by atoms with E-state index in [0.29, 0.717) is 12.6 Å². The molecule has 1 unspecified atom stereocenters. The predicted molar refractivity (Wildman–Crippen MR) is 65.6 cm³/mol. The van der Waals surface area contributed by atoms with Crippen LogP contribution in [0, 0.1) is 0 Å². The van der Waals surface area contributed by atoms with Crippen LogP contribution in [0.2, 0.25) is 0 Å². The van der Waals surface area contributed by atoms with E-state index in [0.717, 1.165) is 12.2 Å². The first-order valence-electron chi connectivity index (χ1n) is 5.05. The molecule has 84 valence electrons. The molecule has 0 aromatic carbocycles. The summed E-state index contributed by atoms with van der Waals surface area (Å²) in [4.78, 5) is 5.51. The van der Waals surface area contributed by atoms with E-state index in [9.17, 15) is 0 Å². The monoisotopic (exact) mass is 226 g/mol. The Morgan fingerprint density at radius 1 is 1.53 bits per heavy atom. The molecule has 0 bridgehead atoms. The van der Waals surface area contributed by atoms with Gasteiger partial charge in [-0.2, -0.15) is 0 Å². The first kappa shape index (κ1) is 12.3. The molecule has 0 radical (unpaired) electrons. The van der Waals surface area contributed by atoms with Crippen molar-refractivity contribution in [1.29, 1.82) is 0 Å². The van der Waals surface area contributed by atoms with Crippen molar-refractivity contribution in [3.63, 3.8) is 0 Å². The Labute approximate surface area is 95.6 Å². The summed E-state index contributed by atoms with van der Waals surface area (Å²) in [5, 5.41) is 3.34. The van der Waals surface area contributed by atoms with Gasteiger partial charge in [-0.15, -0.1) is 11.8 Å². The summed E-state index contributed by atoms with van der Waals surface area (Å²) in [6.07, 6.45) is 4.95. The first-order valence-corrected chi connectivity index (χ1v) is 6.28. The lowest BCUT2D eigenvalue weighted by Crippen LogP contribution is -2.24. The number of methoxy groups -OCH3 is 1. The minimum atomic E-state index is 0.336. The normalized spacial score (nSPS) is 12.5. The van der Waals surface area contributed by atoms with Crippen LogP contribution in [-0.4, -0.2) is 31.0 Å². The van der Waals surface area contributed by atoms with E-state index in [1.807, 2.05) is 18.5 Å². The highest BCUT2D eigenvalue weighted by atomic mass is 32.2. The van der Waals surface area contributed by atoms with Gasteiger partial charge in [-0.3, -0.25) is 0 Å². The van der Waals surface area contributed by atoms with E-state index in [2.05, 4.69) is 23.3 Å². The zero-order valence-electron chi connectivity index (χ0n) is 9.49. The van der Waals surface area contributed by atoms with Gasteiger partial charge in [0.1, 0.15) is 5.82 Å². The van der Waals surface area contributed by atoms with Crippen LogP contribution in [0.3, 0.4) is 0 Å². The van der Waals surface area contributed by atoms with Crippen LogP contribution in [-0.2, 0) is 4.74 Å². The van der Waals surface area contributed by atoms with Crippen LogP contribution in [0.5, 0.6) is 0 Å². The largest absolute Gasteiger partial charge is 0.383 e.